The van der Waals surface area contributed by atoms with Crippen molar-refractivity contribution in [3.8, 4) is 33.9 Å². The van der Waals surface area contributed by atoms with E-state index in [1.54, 1.807) is 0 Å². The third kappa shape index (κ3) is 6.99. The number of fused-ring (bicyclic) bond motifs is 7. The first-order valence-corrected chi connectivity index (χ1v) is 22.9. The molecule has 64 heavy (non-hydrogen) atoms. The van der Waals surface area contributed by atoms with Crippen LogP contribution in [-0.4, -0.2) is 19.1 Å². The highest BCUT2D eigenvalue weighted by Crippen LogP contribution is 2.43. The van der Waals surface area contributed by atoms with Gasteiger partial charge in [0, 0.05) is 32.7 Å². The van der Waals surface area contributed by atoms with E-state index in [-0.39, 0.29) is 21.7 Å². The second-order valence-electron chi connectivity index (χ2n) is 22.1. The van der Waals surface area contributed by atoms with Gasteiger partial charge in [-0.05, 0) is 116 Å². The molecule has 0 aliphatic rings. The van der Waals surface area contributed by atoms with Crippen molar-refractivity contribution in [2.45, 2.75) is 105 Å². The minimum Gasteiger partial charge on any atom is -0.293 e. The molecule has 0 aliphatic heterocycles. The summed E-state index contributed by atoms with van der Waals surface area (Å²) in [6.45, 7) is 27.5. The molecule has 0 amide bonds. The van der Waals surface area contributed by atoms with Gasteiger partial charge in [0.25, 0.3) is 0 Å². The number of hydrogen-bond donors (Lipinski definition) is 0. The van der Waals surface area contributed by atoms with Crippen LogP contribution in [0, 0.1) is 0 Å². The zero-order chi connectivity index (χ0) is 45.1. The third-order valence-electron chi connectivity index (χ3n) is 13.3. The maximum absolute atomic E-state index is 5.74. The van der Waals surface area contributed by atoms with Gasteiger partial charge in [-0.1, -0.05) is 168 Å². The Bertz CT molecular complexity index is 3070. The summed E-state index contributed by atoms with van der Waals surface area (Å²) in [6, 6.07) is 54.0. The number of benzene rings is 6. The van der Waals surface area contributed by atoms with E-state index in [9.17, 15) is 0 Å². The normalized spacial score (nSPS) is 13.0. The molecule has 4 aromatic heterocycles. The van der Waals surface area contributed by atoms with Gasteiger partial charge in [-0.3, -0.25) is 9.13 Å². The SMILES string of the molecule is CC(C)(C)c1ccc2c(c1)c1cc(C(C)(C)C)ccc1n2-c1nc2cc(-c3ccccc3)c(-n3c4ccc(C(C)(C)C)cc4c4cc(C(C)(C)C)ccc43)nc2cc1-c1ccccc1. The molecule has 6 aromatic carbocycles. The Labute approximate surface area is 378 Å². The van der Waals surface area contributed by atoms with Crippen LogP contribution in [0.15, 0.2) is 146 Å². The van der Waals surface area contributed by atoms with E-state index in [4.69, 9.17) is 9.97 Å². The summed E-state index contributed by atoms with van der Waals surface area (Å²) in [4.78, 5) is 11.5. The Balaban J connectivity index is 1.32. The standard InChI is InChI=1S/C60H60N4/c1-57(2,3)39-23-27-51-45(31-39)46-32-40(58(4,5)6)24-28-52(46)63(51)55-43(37-19-15-13-16-20-37)35-50-49(61-55)36-44(38-21-17-14-18-22-38)56(62-50)64-53-29-25-41(59(7,8)9)33-47(53)48-34-42(60(10,11)12)26-30-54(48)64/h13-36H,1-12H3. The fraction of sp³-hybridized carbons (Fsp3) is 0.267. The molecule has 0 atom stereocenters. The van der Waals surface area contributed by atoms with E-state index in [0.29, 0.717) is 0 Å². The van der Waals surface area contributed by atoms with Crippen LogP contribution in [0.2, 0.25) is 0 Å². The molecule has 10 aromatic rings. The van der Waals surface area contributed by atoms with E-state index in [0.717, 1.165) is 67.0 Å². The third-order valence-corrected chi connectivity index (χ3v) is 13.3. The smallest absolute Gasteiger partial charge is 0.146 e. The fourth-order valence-electron chi connectivity index (χ4n) is 9.45. The van der Waals surface area contributed by atoms with Crippen molar-refractivity contribution in [2.75, 3.05) is 0 Å². The number of aromatic nitrogens is 4. The molecule has 0 saturated carbocycles. The first-order valence-electron chi connectivity index (χ1n) is 22.9. The summed E-state index contributed by atoms with van der Waals surface area (Å²) in [5.41, 5.74) is 15.7. The molecule has 0 spiro atoms. The zero-order valence-electron chi connectivity index (χ0n) is 39.6. The minimum atomic E-state index is -0.00199. The molecule has 4 heteroatoms. The Hall–Kier alpha value is -6.52. The van der Waals surface area contributed by atoms with Gasteiger partial charge in [-0.25, -0.2) is 9.97 Å². The lowest BCUT2D eigenvalue weighted by Gasteiger charge is -2.20. The van der Waals surface area contributed by atoms with Crippen LogP contribution in [0.1, 0.15) is 105 Å². The fourth-order valence-corrected chi connectivity index (χ4v) is 9.45. The van der Waals surface area contributed by atoms with Crippen molar-refractivity contribution in [2.24, 2.45) is 0 Å². The van der Waals surface area contributed by atoms with Gasteiger partial charge in [0.05, 0.1) is 33.1 Å². The summed E-state index contributed by atoms with van der Waals surface area (Å²) >= 11 is 0. The first kappa shape index (κ1) is 41.5. The molecule has 0 fully saturated rings. The zero-order valence-corrected chi connectivity index (χ0v) is 39.6. The molecule has 4 heterocycles. The highest BCUT2D eigenvalue weighted by molar-refractivity contribution is 6.12. The quantitative estimate of drug-likeness (QED) is 0.177. The Morgan fingerprint density at radius 3 is 0.828 bits per heavy atom. The van der Waals surface area contributed by atoms with Crippen molar-refractivity contribution in [3.05, 3.63) is 168 Å². The molecular formula is C60H60N4. The molecular weight excluding hydrogens is 777 g/mol. The van der Waals surface area contributed by atoms with Crippen molar-refractivity contribution in [3.63, 3.8) is 0 Å². The topological polar surface area (TPSA) is 35.6 Å². The van der Waals surface area contributed by atoms with Gasteiger partial charge >= 0.3 is 0 Å². The number of nitrogens with zero attached hydrogens (tertiary/aromatic N) is 4. The van der Waals surface area contributed by atoms with E-state index < -0.39 is 0 Å². The summed E-state index contributed by atoms with van der Waals surface area (Å²) in [7, 11) is 0. The van der Waals surface area contributed by atoms with E-state index in [1.165, 1.54) is 43.8 Å². The maximum atomic E-state index is 5.74. The molecule has 320 valence electrons. The lowest BCUT2D eigenvalue weighted by Crippen LogP contribution is -2.10. The average Bonchev–Trinajstić information content (AvgIpc) is 3.76. The first-order chi connectivity index (χ1) is 30.3. The van der Waals surface area contributed by atoms with Crippen LogP contribution in [-0.2, 0) is 21.7 Å². The molecule has 0 aliphatic carbocycles. The lowest BCUT2D eigenvalue weighted by molar-refractivity contribution is 0.590. The second-order valence-corrected chi connectivity index (χ2v) is 22.1. The van der Waals surface area contributed by atoms with Crippen LogP contribution >= 0.6 is 0 Å². The predicted molar refractivity (Wildman–Crippen MR) is 274 cm³/mol. The highest BCUT2D eigenvalue weighted by Gasteiger charge is 2.26. The molecule has 0 bridgehead atoms. The summed E-state index contributed by atoms with van der Waals surface area (Å²) in [6.07, 6.45) is 0. The molecule has 0 radical (unpaired) electrons. The van der Waals surface area contributed by atoms with E-state index in [1.807, 2.05) is 0 Å². The Morgan fingerprint density at radius 1 is 0.312 bits per heavy atom. The van der Waals surface area contributed by atoms with Crippen LogP contribution < -0.4 is 0 Å². The minimum absolute atomic E-state index is 0.00199. The molecule has 0 unspecified atom stereocenters. The van der Waals surface area contributed by atoms with Crippen molar-refractivity contribution in [1.29, 1.82) is 0 Å². The highest BCUT2D eigenvalue weighted by atomic mass is 15.1. The average molecular weight is 837 g/mol. The Kier molecular flexibility index (Phi) is 9.40. The predicted octanol–water partition coefficient (Wildman–Crippen LogP) is 16.3. The second kappa shape index (κ2) is 14.5. The molecule has 0 saturated heterocycles. The van der Waals surface area contributed by atoms with E-state index in [2.05, 4.69) is 238 Å². The van der Waals surface area contributed by atoms with Gasteiger partial charge in [0.2, 0.25) is 0 Å². The summed E-state index contributed by atoms with van der Waals surface area (Å²) in [5, 5.41) is 4.96. The summed E-state index contributed by atoms with van der Waals surface area (Å²) < 4.78 is 4.79. The van der Waals surface area contributed by atoms with Crippen molar-refractivity contribution in [1.82, 2.24) is 19.1 Å². The van der Waals surface area contributed by atoms with Gasteiger partial charge < -0.3 is 0 Å². The van der Waals surface area contributed by atoms with Gasteiger partial charge in [0.1, 0.15) is 11.6 Å². The van der Waals surface area contributed by atoms with Gasteiger partial charge in [0.15, 0.2) is 0 Å². The van der Waals surface area contributed by atoms with Crippen LogP contribution in [0.4, 0.5) is 0 Å². The Morgan fingerprint density at radius 2 is 0.578 bits per heavy atom. The van der Waals surface area contributed by atoms with Crippen LogP contribution in [0.25, 0.3) is 88.5 Å². The maximum Gasteiger partial charge on any atom is 0.146 e. The lowest BCUT2D eigenvalue weighted by atomic mass is 9.85. The largest absolute Gasteiger partial charge is 0.293 e. The monoisotopic (exact) mass is 836 g/mol. The number of rotatable bonds is 4. The molecule has 4 nitrogen and oxygen atoms in total. The molecule has 10 rings (SSSR count). The van der Waals surface area contributed by atoms with E-state index >= 15 is 0 Å². The number of pyridine rings is 2. The van der Waals surface area contributed by atoms with Crippen molar-refractivity contribution >= 4 is 54.6 Å². The number of hydrogen-bond acceptors (Lipinski definition) is 2. The molecule has 0 N–H and O–H groups in total. The summed E-state index contributed by atoms with van der Waals surface area (Å²) in [5.74, 6) is 1.78. The van der Waals surface area contributed by atoms with Gasteiger partial charge in [-0.15, -0.1) is 0 Å². The van der Waals surface area contributed by atoms with Crippen molar-refractivity contribution < 1.29 is 0 Å². The van der Waals surface area contributed by atoms with Crippen LogP contribution in [0.5, 0.6) is 0 Å². The van der Waals surface area contributed by atoms with Crippen LogP contribution in [0.3, 0.4) is 0 Å². The van der Waals surface area contributed by atoms with Gasteiger partial charge in [-0.2, -0.15) is 0 Å².